The fraction of sp³-hybridized carbons (Fsp3) is 0.810. The molecule has 3 rings (SSSR count). The summed E-state index contributed by atoms with van der Waals surface area (Å²) in [5, 5.41) is 34.5. The second kappa shape index (κ2) is 24.6. The van der Waals surface area contributed by atoms with Gasteiger partial charge in [-0.1, -0.05) is 45.1 Å². The van der Waals surface area contributed by atoms with Crippen LogP contribution in [0.4, 0.5) is 0 Å². The molecule has 17 nitrogen and oxygen atoms in total. The fourth-order valence-electron chi connectivity index (χ4n) is 8.07. The third-order valence-corrected chi connectivity index (χ3v) is 11.1. The van der Waals surface area contributed by atoms with Crippen LogP contribution in [0.15, 0.2) is 24.3 Å². The number of carbonyl (C=O) groups excluding carboxylic acids is 4. The summed E-state index contributed by atoms with van der Waals surface area (Å²) in [7, 11) is 4.85. The lowest BCUT2D eigenvalue weighted by atomic mass is 9.82. The van der Waals surface area contributed by atoms with Gasteiger partial charge in [0.25, 0.3) is 0 Å². The first kappa shape index (κ1) is 52.3. The number of carbonyl (C=O) groups is 4. The molecule has 0 amide bonds. The van der Waals surface area contributed by atoms with E-state index in [4.69, 9.17) is 37.9 Å². The molecule has 0 bridgehead atoms. The Kier molecular flexibility index (Phi) is 21.8. The predicted octanol–water partition coefficient (Wildman–Crippen LogP) is 2.33. The number of hydrogen-bond donors (Lipinski definition) is 3. The fourth-order valence-corrected chi connectivity index (χ4v) is 8.07. The van der Waals surface area contributed by atoms with E-state index in [9.17, 15) is 34.5 Å². The number of aliphatic hydroxyl groups is 3. The first-order chi connectivity index (χ1) is 27.4. The average molecular weight is 846 g/mol. The molecule has 0 aromatic heterocycles. The largest absolute Gasteiger partial charge is 0.462 e. The molecule has 0 aliphatic carbocycles. The molecule has 0 saturated carbocycles. The van der Waals surface area contributed by atoms with Gasteiger partial charge in [-0.2, -0.15) is 0 Å². The minimum atomic E-state index is -1.45. The molecule has 340 valence electrons. The number of hydrogen-bond acceptors (Lipinski definition) is 16. The number of methoxy groups -OCH3 is 1. The zero-order valence-corrected chi connectivity index (χ0v) is 36.4. The van der Waals surface area contributed by atoms with E-state index in [2.05, 4.69) is 0 Å². The van der Waals surface area contributed by atoms with Crippen molar-refractivity contribution >= 4 is 24.2 Å². The number of likely N-dealkylation sites (N-methyl/N-ethyl adjacent to an activating group) is 1. The van der Waals surface area contributed by atoms with E-state index in [0.29, 0.717) is 19.1 Å². The van der Waals surface area contributed by atoms with Crippen molar-refractivity contribution in [2.45, 2.75) is 185 Å². The number of ether oxygens (including phenoxy) is 8. The number of aliphatic hydroxyl groups excluding tert-OH is 3. The van der Waals surface area contributed by atoms with Gasteiger partial charge in [0.05, 0.1) is 43.0 Å². The van der Waals surface area contributed by atoms with Crippen molar-refractivity contribution in [2.75, 3.05) is 21.2 Å². The van der Waals surface area contributed by atoms with Crippen molar-refractivity contribution in [1.29, 1.82) is 0 Å². The van der Waals surface area contributed by atoms with E-state index in [1.807, 2.05) is 19.9 Å². The number of rotatable bonds is 13. The molecule has 0 aromatic carbocycles. The maximum atomic E-state index is 12.9. The predicted molar refractivity (Wildman–Crippen MR) is 214 cm³/mol. The Labute approximate surface area is 348 Å². The summed E-state index contributed by atoms with van der Waals surface area (Å²) in [6, 6.07) is -0.783. The lowest BCUT2D eigenvalue weighted by molar-refractivity contribution is -0.344. The van der Waals surface area contributed by atoms with E-state index < -0.39 is 116 Å². The van der Waals surface area contributed by atoms with Gasteiger partial charge in [0.15, 0.2) is 24.3 Å². The van der Waals surface area contributed by atoms with Gasteiger partial charge < -0.3 is 68.4 Å². The molecule has 5 N–H and O–H groups in total. The van der Waals surface area contributed by atoms with Crippen molar-refractivity contribution in [3.05, 3.63) is 24.3 Å². The number of allylic oxidation sites excluding steroid dienone is 2. The van der Waals surface area contributed by atoms with E-state index in [1.165, 1.54) is 7.11 Å². The molecular weight excluding hydrogens is 774 g/mol. The number of esters is 3. The highest BCUT2D eigenvalue weighted by Crippen LogP contribution is 2.39. The molecule has 0 unspecified atom stereocenters. The molecule has 3 heterocycles. The molecule has 0 radical (unpaired) electrons. The van der Waals surface area contributed by atoms with Gasteiger partial charge in [0, 0.05) is 39.2 Å². The van der Waals surface area contributed by atoms with Gasteiger partial charge >= 0.3 is 17.9 Å². The van der Waals surface area contributed by atoms with Gasteiger partial charge in [0.1, 0.15) is 30.7 Å². The summed E-state index contributed by atoms with van der Waals surface area (Å²) in [6.07, 6.45) is -3.49. The van der Waals surface area contributed by atoms with Crippen LogP contribution in [0.3, 0.4) is 0 Å². The third kappa shape index (κ3) is 14.6. The summed E-state index contributed by atoms with van der Waals surface area (Å²) < 4.78 is 48.8. The van der Waals surface area contributed by atoms with Crippen molar-refractivity contribution in [1.82, 2.24) is 4.90 Å². The molecule has 17 heteroatoms. The first-order valence-corrected chi connectivity index (χ1v) is 20.6. The van der Waals surface area contributed by atoms with E-state index in [1.54, 1.807) is 71.8 Å². The Morgan fingerprint density at radius 1 is 0.983 bits per heavy atom. The van der Waals surface area contributed by atoms with Crippen LogP contribution in [-0.2, 0) is 57.1 Å². The highest BCUT2D eigenvalue weighted by atomic mass is 16.7. The quantitative estimate of drug-likeness (QED) is 0.137. The summed E-state index contributed by atoms with van der Waals surface area (Å²) in [4.78, 5) is 52.1. The molecular formula is C42H71NO16. The molecule has 0 spiro atoms. The van der Waals surface area contributed by atoms with Crippen molar-refractivity contribution in [3.8, 4) is 0 Å². The SMILES string of the molecule is CCCC(=O)O[C@H]1[C@H](C)O[C@@H](O[C@H]2[C@H](N(C)C)[C@@H](O)[C@H](O[C@H]3[C@@H](CC=O)C[C@@H](C)[C@@H](O)/C=C/C=C/C[C@@H](C)OC(=O)C[C@@H](O)[C@@H]3OC)O[C@@H]2C)C[C@@]1(C)OC(=O)CC.O. The second-order valence-corrected chi connectivity index (χ2v) is 16.3. The summed E-state index contributed by atoms with van der Waals surface area (Å²) >= 11 is 0. The van der Waals surface area contributed by atoms with Crippen molar-refractivity contribution in [3.63, 3.8) is 0 Å². The van der Waals surface area contributed by atoms with Gasteiger partial charge in [-0.05, 0) is 66.5 Å². The summed E-state index contributed by atoms with van der Waals surface area (Å²) in [5.41, 5.74) is -1.30. The normalized spacial score (nSPS) is 39.9. The zero-order valence-electron chi connectivity index (χ0n) is 36.4. The standard InChI is InChI=1S/C42H69NO15.H2O/c1-11-16-32(48)55-40-27(6)53-34(23-42(40,7)58-31(47)12-2)56-37-26(5)54-41(36(50)35(37)43(8)9)57-38-28(19-20-44)21-24(3)29(45)18-15-13-14-17-25(4)52-33(49)22-30(46)39(38)51-10;/h13-15,18,20,24-30,34-41,45-46,50H,11-12,16-17,19,21-23H2,1-10H3;1H2/b14-13+,18-15+;/t24-,25-,26-,27+,28+,29+,30-,34+,35-,36-,37-,38+,39+,40+,41+,42-;/m1./s1. The molecule has 3 aliphatic heterocycles. The minimum Gasteiger partial charge on any atom is -0.462 e. The summed E-state index contributed by atoms with van der Waals surface area (Å²) in [5.74, 6) is -2.64. The lowest BCUT2D eigenvalue weighted by Gasteiger charge is -2.50. The van der Waals surface area contributed by atoms with Crippen LogP contribution in [0.5, 0.6) is 0 Å². The van der Waals surface area contributed by atoms with Crippen LogP contribution < -0.4 is 0 Å². The van der Waals surface area contributed by atoms with Crippen LogP contribution in [-0.4, -0.2) is 156 Å². The maximum absolute atomic E-state index is 12.9. The first-order valence-electron chi connectivity index (χ1n) is 20.6. The highest BCUT2D eigenvalue weighted by molar-refractivity contribution is 5.71. The van der Waals surface area contributed by atoms with Crippen LogP contribution in [0.1, 0.15) is 99.8 Å². The van der Waals surface area contributed by atoms with Gasteiger partial charge in [-0.15, -0.1) is 0 Å². The summed E-state index contributed by atoms with van der Waals surface area (Å²) in [6.45, 7) is 12.2. The molecule has 3 aliphatic rings. The van der Waals surface area contributed by atoms with Gasteiger partial charge in [-0.25, -0.2) is 0 Å². The molecule has 16 atom stereocenters. The molecule has 2 fully saturated rings. The zero-order chi connectivity index (χ0) is 43.3. The Morgan fingerprint density at radius 3 is 2.29 bits per heavy atom. The smallest absolute Gasteiger partial charge is 0.308 e. The van der Waals surface area contributed by atoms with Crippen molar-refractivity contribution < 1.29 is 77.9 Å². The molecule has 2 saturated heterocycles. The maximum Gasteiger partial charge on any atom is 0.308 e. The molecule has 59 heavy (non-hydrogen) atoms. The van der Waals surface area contributed by atoms with E-state index in [-0.39, 0.29) is 43.5 Å². The minimum absolute atomic E-state index is 0. The van der Waals surface area contributed by atoms with E-state index >= 15 is 0 Å². The van der Waals surface area contributed by atoms with Crippen LogP contribution in [0, 0.1) is 11.8 Å². The van der Waals surface area contributed by atoms with Crippen molar-refractivity contribution in [2.24, 2.45) is 11.8 Å². The average Bonchev–Trinajstić information content (AvgIpc) is 3.13. The third-order valence-electron chi connectivity index (χ3n) is 11.1. The highest BCUT2D eigenvalue weighted by Gasteiger charge is 2.54. The topological polar surface area (TPSA) is 238 Å². The van der Waals surface area contributed by atoms with Crippen LogP contribution in [0.25, 0.3) is 0 Å². The molecule has 0 aromatic rings. The van der Waals surface area contributed by atoms with Crippen LogP contribution >= 0.6 is 0 Å². The van der Waals surface area contributed by atoms with E-state index in [0.717, 1.165) is 0 Å². The van der Waals surface area contributed by atoms with Crippen LogP contribution in [0.2, 0.25) is 0 Å². The Bertz CT molecular complexity index is 1380. The Morgan fingerprint density at radius 2 is 1.68 bits per heavy atom. The van der Waals surface area contributed by atoms with Gasteiger partial charge in [0.2, 0.25) is 0 Å². The Balaban J connectivity index is 0.0000120. The Hall–Kier alpha value is -2.84. The number of cyclic esters (lactones) is 1. The number of nitrogens with zero attached hydrogens (tertiary/aromatic N) is 1. The number of aldehydes is 1. The lowest BCUT2D eigenvalue weighted by Crippen LogP contribution is -2.66. The second-order valence-electron chi connectivity index (χ2n) is 16.3. The monoisotopic (exact) mass is 845 g/mol. The van der Waals surface area contributed by atoms with Gasteiger partial charge in [-0.3, -0.25) is 14.4 Å².